The van der Waals surface area contributed by atoms with Gasteiger partial charge in [-0.25, -0.2) is 9.59 Å². The van der Waals surface area contributed by atoms with Crippen LogP contribution in [0.15, 0.2) is 18.2 Å². The number of benzene rings is 1. The molecule has 1 unspecified atom stereocenters. The molecule has 6 heteroatoms. The standard InChI is InChI=1S/C10H10O6/c11-4-7(12)8-5(9(13)14)2-1-3-6(8)10(15)16/h1-3,7,11-12H,4H2,(H,13,14)(H,15,16). The second kappa shape index (κ2) is 4.73. The van der Waals surface area contributed by atoms with Crippen molar-refractivity contribution in [3.8, 4) is 0 Å². The molecule has 16 heavy (non-hydrogen) atoms. The summed E-state index contributed by atoms with van der Waals surface area (Å²) in [6.45, 7) is -0.745. The summed E-state index contributed by atoms with van der Waals surface area (Å²) in [6, 6.07) is 3.60. The maximum atomic E-state index is 10.8. The number of hydrogen-bond acceptors (Lipinski definition) is 4. The summed E-state index contributed by atoms with van der Waals surface area (Å²) in [5.74, 6) is -2.71. The summed E-state index contributed by atoms with van der Waals surface area (Å²) in [5.41, 5.74) is -0.951. The minimum absolute atomic E-state index is 0.287. The van der Waals surface area contributed by atoms with Crippen LogP contribution >= 0.6 is 0 Å². The number of aromatic carboxylic acids is 2. The van der Waals surface area contributed by atoms with E-state index in [-0.39, 0.29) is 16.7 Å². The maximum absolute atomic E-state index is 10.8. The zero-order chi connectivity index (χ0) is 12.3. The molecule has 86 valence electrons. The van der Waals surface area contributed by atoms with Crippen LogP contribution in [0.5, 0.6) is 0 Å². The molecule has 0 fully saturated rings. The zero-order valence-corrected chi connectivity index (χ0v) is 8.12. The first-order valence-electron chi connectivity index (χ1n) is 4.37. The summed E-state index contributed by atoms with van der Waals surface area (Å²) >= 11 is 0. The van der Waals surface area contributed by atoms with Crippen LogP contribution in [-0.4, -0.2) is 39.0 Å². The van der Waals surface area contributed by atoms with E-state index >= 15 is 0 Å². The molecule has 0 aliphatic carbocycles. The van der Waals surface area contributed by atoms with Crippen LogP contribution < -0.4 is 0 Å². The number of hydrogen-bond donors (Lipinski definition) is 4. The van der Waals surface area contributed by atoms with Crippen molar-refractivity contribution in [2.45, 2.75) is 6.10 Å². The lowest BCUT2D eigenvalue weighted by atomic mass is 9.96. The fourth-order valence-corrected chi connectivity index (χ4v) is 1.39. The molecule has 0 aliphatic heterocycles. The Labute approximate surface area is 90.4 Å². The van der Waals surface area contributed by atoms with E-state index in [1.807, 2.05) is 0 Å². The summed E-state index contributed by atoms with van der Waals surface area (Å²) in [5, 5.41) is 35.8. The molecule has 4 N–H and O–H groups in total. The van der Waals surface area contributed by atoms with Gasteiger partial charge in [0.1, 0.15) is 6.10 Å². The van der Waals surface area contributed by atoms with Gasteiger partial charge < -0.3 is 20.4 Å². The normalized spacial score (nSPS) is 12.1. The third kappa shape index (κ3) is 2.18. The van der Waals surface area contributed by atoms with Crippen molar-refractivity contribution in [3.05, 3.63) is 34.9 Å². The molecule has 0 amide bonds. The molecule has 0 saturated carbocycles. The number of rotatable bonds is 4. The third-order valence-electron chi connectivity index (χ3n) is 2.07. The van der Waals surface area contributed by atoms with Gasteiger partial charge in [0, 0.05) is 5.56 Å². The first-order valence-corrected chi connectivity index (χ1v) is 4.37. The highest BCUT2D eigenvalue weighted by molar-refractivity contribution is 5.96. The van der Waals surface area contributed by atoms with E-state index < -0.39 is 24.6 Å². The van der Waals surface area contributed by atoms with Gasteiger partial charge in [-0.05, 0) is 12.1 Å². The maximum Gasteiger partial charge on any atom is 0.336 e. The van der Waals surface area contributed by atoms with Crippen LogP contribution in [0.4, 0.5) is 0 Å². The van der Waals surface area contributed by atoms with E-state index in [0.717, 1.165) is 0 Å². The van der Waals surface area contributed by atoms with Crippen molar-refractivity contribution in [2.24, 2.45) is 0 Å². The SMILES string of the molecule is O=C(O)c1cccc(C(=O)O)c1C(O)CO. The molecule has 0 bridgehead atoms. The molecular weight excluding hydrogens is 216 g/mol. The Morgan fingerprint density at radius 2 is 1.56 bits per heavy atom. The van der Waals surface area contributed by atoms with Gasteiger partial charge in [0.2, 0.25) is 0 Å². The minimum Gasteiger partial charge on any atom is -0.478 e. The molecule has 6 nitrogen and oxygen atoms in total. The lowest BCUT2D eigenvalue weighted by Gasteiger charge is -2.13. The Morgan fingerprint density at radius 1 is 1.12 bits per heavy atom. The quantitative estimate of drug-likeness (QED) is 0.579. The molecule has 0 spiro atoms. The van der Waals surface area contributed by atoms with Crippen LogP contribution in [0.1, 0.15) is 32.4 Å². The Bertz CT molecular complexity index is 393. The molecule has 0 radical (unpaired) electrons. The van der Waals surface area contributed by atoms with Gasteiger partial charge in [-0.15, -0.1) is 0 Å². The molecule has 0 aliphatic rings. The van der Waals surface area contributed by atoms with Crippen molar-refractivity contribution in [1.29, 1.82) is 0 Å². The van der Waals surface area contributed by atoms with Crippen molar-refractivity contribution in [3.63, 3.8) is 0 Å². The number of aliphatic hydroxyl groups is 2. The van der Waals surface area contributed by atoms with E-state index in [9.17, 15) is 14.7 Å². The highest BCUT2D eigenvalue weighted by Gasteiger charge is 2.23. The molecule has 1 atom stereocenters. The number of aliphatic hydroxyl groups excluding tert-OH is 2. The van der Waals surface area contributed by atoms with Crippen molar-refractivity contribution in [1.82, 2.24) is 0 Å². The number of carboxylic acids is 2. The van der Waals surface area contributed by atoms with Gasteiger partial charge in [0.25, 0.3) is 0 Å². The molecule has 1 aromatic carbocycles. The molecule has 0 saturated heterocycles. The Balaban J connectivity index is 3.46. The van der Waals surface area contributed by atoms with E-state index in [0.29, 0.717) is 0 Å². The highest BCUT2D eigenvalue weighted by Crippen LogP contribution is 2.22. The molecule has 1 aromatic rings. The average Bonchev–Trinajstić information content (AvgIpc) is 2.26. The van der Waals surface area contributed by atoms with Crippen molar-refractivity contribution in [2.75, 3.05) is 6.61 Å². The van der Waals surface area contributed by atoms with Gasteiger partial charge in [0.05, 0.1) is 17.7 Å². The molecule has 0 heterocycles. The Kier molecular flexibility index (Phi) is 3.60. The van der Waals surface area contributed by atoms with Gasteiger partial charge >= 0.3 is 11.9 Å². The first kappa shape index (κ1) is 12.2. The lowest BCUT2D eigenvalue weighted by Crippen LogP contribution is -2.15. The summed E-state index contributed by atoms with van der Waals surface area (Å²) < 4.78 is 0. The van der Waals surface area contributed by atoms with E-state index in [4.69, 9.17) is 15.3 Å². The smallest absolute Gasteiger partial charge is 0.336 e. The van der Waals surface area contributed by atoms with Gasteiger partial charge in [-0.2, -0.15) is 0 Å². The van der Waals surface area contributed by atoms with Crippen LogP contribution in [0, 0.1) is 0 Å². The van der Waals surface area contributed by atoms with Crippen LogP contribution in [0.2, 0.25) is 0 Å². The fraction of sp³-hybridized carbons (Fsp3) is 0.200. The molecule has 0 aromatic heterocycles. The van der Waals surface area contributed by atoms with E-state index in [1.54, 1.807) is 0 Å². The third-order valence-corrected chi connectivity index (χ3v) is 2.07. The van der Waals surface area contributed by atoms with E-state index in [2.05, 4.69) is 0 Å². The van der Waals surface area contributed by atoms with Crippen LogP contribution in [-0.2, 0) is 0 Å². The topological polar surface area (TPSA) is 115 Å². The fourth-order valence-electron chi connectivity index (χ4n) is 1.39. The monoisotopic (exact) mass is 226 g/mol. The summed E-state index contributed by atoms with van der Waals surface area (Å²) in [4.78, 5) is 21.7. The predicted octanol–water partition coefficient (Wildman–Crippen LogP) is 0.109. The zero-order valence-electron chi connectivity index (χ0n) is 8.12. The summed E-state index contributed by atoms with van der Waals surface area (Å²) in [6.07, 6.45) is -1.53. The second-order valence-corrected chi connectivity index (χ2v) is 3.08. The predicted molar refractivity (Wildman–Crippen MR) is 52.4 cm³/mol. The van der Waals surface area contributed by atoms with Crippen molar-refractivity contribution >= 4 is 11.9 Å². The molecular formula is C10H10O6. The second-order valence-electron chi connectivity index (χ2n) is 3.08. The first-order chi connectivity index (χ1) is 7.49. The average molecular weight is 226 g/mol. The van der Waals surface area contributed by atoms with Crippen LogP contribution in [0.3, 0.4) is 0 Å². The largest absolute Gasteiger partial charge is 0.478 e. The van der Waals surface area contributed by atoms with Gasteiger partial charge in [-0.1, -0.05) is 6.07 Å². The van der Waals surface area contributed by atoms with Crippen molar-refractivity contribution < 1.29 is 30.0 Å². The minimum atomic E-state index is -1.53. The Hall–Kier alpha value is -1.92. The number of carbonyl (C=O) groups is 2. The highest BCUT2D eigenvalue weighted by atomic mass is 16.4. The molecule has 1 rings (SSSR count). The number of carboxylic acid groups (broad SMARTS) is 2. The van der Waals surface area contributed by atoms with Gasteiger partial charge in [0.15, 0.2) is 0 Å². The van der Waals surface area contributed by atoms with E-state index in [1.165, 1.54) is 18.2 Å². The lowest BCUT2D eigenvalue weighted by molar-refractivity contribution is 0.0655. The summed E-state index contributed by atoms with van der Waals surface area (Å²) in [7, 11) is 0. The Morgan fingerprint density at radius 3 is 1.88 bits per heavy atom. The van der Waals surface area contributed by atoms with Crippen LogP contribution in [0.25, 0.3) is 0 Å². The van der Waals surface area contributed by atoms with Gasteiger partial charge in [-0.3, -0.25) is 0 Å².